The topological polar surface area (TPSA) is 21.3 Å². The molecule has 2 unspecified atom stereocenters. The minimum atomic E-state index is -4.35. The van der Waals surface area contributed by atoms with Crippen LogP contribution in [0.3, 0.4) is 0 Å². The van der Waals surface area contributed by atoms with Crippen molar-refractivity contribution in [3.8, 4) is 0 Å². The van der Waals surface area contributed by atoms with Gasteiger partial charge >= 0.3 is 6.18 Å². The van der Waals surface area contributed by atoms with E-state index < -0.39 is 17.8 Å². The molecule has 1 rings (SSSR count). The lowest BCUT2D eigenvalue weighted by Gasteiger charge is -2.28. The van der Waals surface area contributed by atoms with Crippen molar-refractivity contribution in [2.75, 3.05) is 13.7 Å². The van der Waals surface area contributed by atoms with Gasteiger partial charge in [-0.15, -0.1) is 0 Å². The Hall–Kier alpha value is -1.07. The van der Waals surface area contributed by atoms with Crippen LogP contribution >= 0.6 is 0 Å². The molecular formula is C14H20F3NO. The van der Waals surface area contributed by atoms with E-state index in [1.165, 1.54) is 12.1 Å². The van der Waals surface area contributed by atoms with Crippen molar-refractivity contribution >= 4 is 0 Å². The van der Waals surface area contributed by atoms with Crippen LogP contribution in [0.15, 0.2) is 24.3 Å². The van der Waals surface area contributed by atoms with Crippen molar-refractivity contribution in [1.29, 1.82) is 0 Å². The molecule has 1 N–H and O–H groups in total. The smallest absolute Gasteiger partial charge is 0.377 e. The molecule has 0 aliphatic heterocycles. The van der Waals surface area contributed by atoms with Gasteiger partial charge < -0.3 is 10.1 Å². The van der Waals surface area contributed by atoms with Gasteiger partial charge in [0.05, 0.1) is 17.7 Å². The number of rotatable bonds is 6. The number of hydrogen-bond donors (Lipinski definition) is 1. The number of nitrogens with one attached hydrogen (secondary N) is 1. The molecule has 5 heteroatoms. The minimum absolute atomic E-state index is 0.234. The third-order valence-electron chi connectivity index (χ3n) is 3.07. The molecule has 2 nitrogen and oxygen atoms in total. The summed E-state index contributed by atoms with van der Waals surface area (Å²) in [5.41, 5.74) is -0.370. The maximum absolute atomic E-state index is 13.0. The van der Waals surface area contributed by atoms with Crippen LogP contribution in [-0.2, 0) is 10.9 Å². The maximum Gasteiger partial charge on any atom is 0.416 e. The second kappa shape index (κ2) is 6.91. The van der Waals surface area contributed by atoms with Crippen molar-refractivity contribution in [2.45, 2.75) is 38.6 Å². The van der Waals surface area contributed by atoms with Gasteiger partial charge in [0, 0.05) is 6.61 Å². The van der Waals surface area contributed by atoms with Crippen LogP contribution in [0.5, 0.6) is 0 Å². The Morgan fingerprint density at radius 3 is 2.32 bits per heavy atom. The summed E-state index contributed by atoms with van der Waals surface area (Å²) in [4.78, 5) is 0. The van der Waals surface area contributed by atoms with Crippen molar-refractivity contribution in [3.05, 3.63) is 35.4 Å². The summed E-state index contributed by atoms with van der Waals surface area (Å²) in [7, 11) is 1.65. The van der Waals surface area contributed by atoms with Crippen molar-refractivity contribution in [2.24, 2.45) is 0 Å². The average molecular weight is 275 g/mol. The summed E-state index contributed by atoms with van der Waals surface area (Å²) in [6.45, 7) is 4.22. The van der Waals surface area contributed by atoms with Crippen LogP contribution in [0.2, 0.25) is 0 Å². The van der Waals surface area contributed by atoms with Crippen LogP contribution in [-0.4, -0.2) is 19.8 Å². The molecule has 0 spiro atoms. The quantitative estimate of drug-likeness (QED) is 0.853. The Kier molecular flexibility index (Phi) is 5.82. The number of alkyl halides is 3. The highest BCUT2D eigenvalue weighted by atomic mass is 19.4. The molecular weight excluding hydrogens is 255 g/mol. The van der Waals surface area contributed by atoms with Crippen LogP contribution in [0.25, 0.3) is 0 Å². The summed E-state index contributed by atoms with van der Waals surface area (Å²) in [6, 6.07) is 5.17. The molecule has 0 saturated heterocycles. The zero-order chi connectivity index (χ0) is 14.5. The molecule has 1 aromatic carbocycles. The predicted octanol–water partition coefficient (Wildman–Crippen LogP) is 3.78. The molecule has 0 radical (unpaired) electrons. The fraction of sp³-hybridized carbons (Fsp3) is 0.571. The Morgan fingerprint density at radius 2 is 1.84 bits per heavy atom. The van der Waals surface area contributed by atoms with Gasteiger partial charge in [-0.2, -0.15) is 13.2 Å². The van der Waals surface area contributed by atoms with Gasteiger partial charge in [-0.1, -0.05) is 25.1 Å². The SMILES string of the molecule is CCOC(CC)C(NC)c1ccccc1C(F)(F)F. The van der Waals surface area contributed by atoms with E-state index in [1.807, 2.05) is 13.8 Å². The number of benzene rings is 1. The van der Waals surface area contributed by atoms with Gasteiger partial charge in [0.1, 0.15) is 0 Å². The summed E-state index contributed by atoms with van der Waals surface area (Å²) in [6.07, 6.45) is -3.99. The Bertz CT molecular complexity index is 393. The van der Waals surface area contributed by atoms with E-state index >= 15 is 0 Å². The second-order valence-electron chi connectivity index (χ2n) is 4.25. The summed E-state index contributed by atoms with van der Waals surface area (Å²) < 4.78 is 44.6. The minimum Gasteiger partial charge on any atom is -0.377 e. The highest BCUT2D eigenvalue weighted by molar-refractivity contribution is 5.33. The van der Waals surface area contributed by atoms with E-state index in [9.17, 15) is 13.2 Å². The first-order valence-corrected chi connectivity index (χ1v) is 6.40. The average Bonchev–Trinajstić information content (AvgIpc) is 2.38. The van der Waals surface area contributed by atoms with Crippen molar-refractivity contribution < 1.29 is 17.9 Å². The van der Waals surface area contributed by atoms with Gasteiger partial charge in [0.2, 0.25) is 0 Å². The van der Waals surface area contributed by atoms with E-state index in [2.05, 4.69) is 5.32 Å². The van der Waals surface area contributed by atoms with Crippen LogP contribution in [0.4, 0.5) is 13.2 Å². The van der Waals surface area contributed by atoms with Crippen LogP contribution in [0.1, 0.15) is 37.4 Å². The number of ether oxygens (including phenoxy) is 1. The van der Waals surface area contributed by atoms with E-state index in [1.54, 1.807) is 13.1 Å². The molecule has 0 aromatic heterocycles. The summed E-state index contributed by atoms with van der Waals surface area (Å²) in [5, 5.41) is 2.94. The Morgan fingerprint density at radius 1 is 1.21 bits per heavy atom. The zero-order valence-corrected chi connectivity index (χ0v) is 11.4. The second-order valence-corrected chi connectivity index (χ2v) is 4.25. The first kappa shape index (κ1) is 16.0. The van der Waals surface area contributed by atoms with Crippen LogP contribution < -0.4 is 5.32 Å². The van der Waals surface area contributed by atoms with E-state index in [0.717, 1.165) is 6.07 Å². The zero-order valence-electron chi connectivity index (χ0n) is 11.4. The Balaban J connectivity index is 3.17. The van der Waals surface area contributed by atoms with E-state index in [-0.39, 0.29) is 11.7 Å². The molecule has 0 bridgehead atoms. The number of likely N-dealkylation sites (N-methyl/N-ethyl adjacent to an activating group) is 1. The molecule has 108 valence electrons. The van der Waals surface area contributed by atoms with Gasteiger partial charge in [0.15, 0.2) is 0 Å². The summed E-state index contributed by atoms with van der Waals surface area (Å²) in [5.74, 6) is 0. The molecule has 0 amide bonds. The molecule has 0 fully saturated rings. The molecule has 0 aliphatic rings. The lowest BCUT2D eigenvalue weighted by atomic mass is 9.94. The fourth-order valence-corrected chi connectivity index (χ4v) is 2.23. The third-order valence-corrected chi connectivity index (χ3v) is 3.07. The molecule has 0 aliphatic carbocycles. The first-order chi connectivity index (χ1) is 8.95. The molecule has 1 aromatic rings. The van der Waals surface area contributed by atoms with Crippen molar-refractivity contribution in [3.63, 3.8) is 0 Å². The largest absolute Gasteiger partial charge is 0.416 e. The highest BCUT2D eigenvalue weighted by Crippen LogP contribution is 2.36. The van der Waals surface area contributed by atoms with Gasteiger partial charge in [-0.3, -0.25) is 0 Å². The standard InChI is InChI=1S/C14H20F3NO/c1-4-12(19-5-2)13(18-3)10-8-6-7-9-11(10)14(15,16)17/h6-9,12-13,18H,4-5H2,1-3H3. The number of halogens is 3. The highest BCUT2D eigenvalue weighted by Gasteiger charge is 2.36. The first-order valence-electron chi connectivity index (χ1n) is 6.40. The fourth-order valence-electron chi connectivity index (χ4n) is 2.23. The number of hydrogen-bond acceptors (Lipinski definition) is 2. The third kappa shape index (κ3) is 3.94. The predicted molar refractivity (Wildman–Crippen MR) is 68.9 cm³/mol. The molecule has 2 atom stereocenters. The maximum atomic E-state index is 13.0. The van der Waals surface area contributed by atoms with Gasteiger partial charge in [-0.05, 0) is 32.0 Å². The van der Waals surface area contributed by atoms with Crippen molar-refractivity contribution in [1.82, 2.24) is 5.32 Å². The monoisotopic (exact) mass is 275 g/mol. The molecule has 19 heavy (non-hydrogen) atoms. The normalized spacial score (nSPS) is 15.3. The Labute approximate surface area is 112 Å². The van der Waals surface area contributed by atoms with E-state index in [0.29, 0.717) is 13.0 Å². The molecule has 0 saturated carbocycles. The van der Waals surface area contributed by atoms with E-state index in [4.69, 9.17) is 4.74 Å². The van der Waals surface area contributed by atoms with Gasteiger partial charge in [-0.25, -0.2) is 0 Å². The lowest BCUT2D eigenvalue weighted by Crippen LogP contribution is -2.33. The van der Waals surface area contributed by atoms with Crippen LogP contribution in [0, 0.1) is 0 Å². The lowest BCUT2D eigenvalue weighted by molar-refractivity contribution is -0.138. The summed E-state index contributed by atoms with van der Waals surface area (Å²) >= 11 is 0. The molecule has 0 heterocycles. The van der Waals surface area contributed by atoms with Gasteiger partial charge in [0.25, 0.3) is 0 Å².